The molecular weight excluding hydrogens is 120 g/mol. The van der Waals surface area contributed by atoms with Gasteiger partial charge < -0.3 is 10.2 Å². The first-order valence-electron chi connectivity index (χ1n) is 2.13. The van der Waals surface area contributed by atoms with Crippen molar-refractivity contribution in [1.29, 1.82) is 0 Å². The van der Waals surface area contributed by atoms with Crippen molar-refractivity contribution in [2.75, 3.05) is 0 Å². The largest absolute Gasteiger partial charge is 0.368 e. The molecule has 0 aliphatic heterocycles. The molecule has 0 heterocycles. The van der Waals surface area contributed by atoms with Crippen LogP contribution in [0.1, 0.15) is 19.8 Å². The first kappa shape index (κ1) is 11.0. The molecule has 0 aromatic carbocycles. The van der Waals surface area contributed by atoms with Gasteiger partial charge in [0.1, 0.15) is 0 Å². The summed E-state index contributed by atoms with van der Waals surface area (Å²) in [6.45, 7) is 1.90. The predicted molar refractivity (Wildman–Crippen MR) is 28.9 cm³/mol. The van der Waals surface area contributed by atoms with Gasteiger partial charge in [-0.1, -0.05) is 13.3 Å². The van der Waals surface area contributed by atoms with E-state index in [-0.39, 0.29) is 37.7 Å². The number of aliphatic hydroxyl groups excluding tert-OH is 1. The molecule has 0 bridgehead atoms. The molecule has 0 saturated carbocycles. The first-order valence-corrected chi connectivity index (χ1v) is 2.13. The van der Waals surface area contributed by atoms with Crippen LogP contribution in [0.4, 0.5) is 0 Å². The van der Waals surface area contributed by atoms with Gasteiger partial charge in [-0.3, -0.25) is 0 Å². The van der Waals surface area contributed by atoms with Crippen LogP contribution >= 0.6 is 0 Å². The third kappa shape index (κ3) is 11.0. The summed E-state index contributed by atoms with van der Waals surface area (Å²) in [6.07, 6.45) is 0.215. The van der Waals surface area contributed by atoms with Gasteiger partial charge in [-0.05, 0) is 6.42 Å². The van der Waals surface area contributed by atoms with Gasteiger partial charge in [-0.15, -0.1) is 0 Å². The van der Waals surface area contributed by atoms with Crippen molar-refractivity contribution in [2.45, 2.75) is 26.1 Å². The van der Waals surface area contributed by atoms with Crippen LogP contribution < -0.4 is 0 Å². The van der Waals surface area contributed by atoms with E-state index < -0.39 is 6.29 Å². The van der Waals surface area contributed by atoms with Crippen molar-refractivity contribution < 1.29 is 10.2 Å². The zero-order chi connectivity index (χ0) is 4.99. The maximum Gasteiger partial charge on any atom is 0.151 e. The molecule has 2 nitrogen and oxygen atoms in total. The van der Waals surface area contributed by atoms with Crippen molar-refractivity contribution in [2.24, 2.45) is 0 Å². The van der Waals surface area contributed by atoms with E-state index in [2.05, 4.69) is 0 Å². The molecule has 0 rings (SSSR count). The van der Waals surface area contributed by atoms with Gasteiger partial charge >= 0.3 is 0 Å². The molecule has 0 unspecified atom stereocenters. The Hall–Kier alpha value is 1.18. The van der Waals surface area contributed by atoms with E-state index in [1.807, 2.05) is 6.92 Å². The normalized spacial score (nSPS) is 8.57. The Bertz CT molecular complexity index is 30.9. The summed E-state index contributed by atoms with van der Waals surface area (Å²) in [4.78, 5) is 0. The van der Waals surface area contributed by atoms with E-state index in [1.165, 1.54) is 0 Å². The average molecular weight is 130 g/mol. The summed E-state index contributed by atoms with van der Waals surface area (Å²) in [5.41, 5.74) is 0. The van der Waals surface area contributed by atoms with E-state index in [0.717, 1.165) is 6.42 Å². The van der Waals surface area contributed by atoms with Gasteiger partial charge in [0.25, 0.3) is 0 Å². The third-order valence-electron chi connectivity index (χ3n) is 0.547. The maximum atomic E-state index is 8.11. The third-order valence-corrected chi connectivity index (χ3v) is 0.547. The van der Waals surface area contributed by atoms with Gasteiger partial charge in [-0.25, -0.2) is 0 Å². The summed E-state index contributed by atoms with van der Waals surface area (Å²) in [5, 5.41) is 16.2. The fourth-order valence-electron chi connectivity index (χ4n) is 0.258. The zero-order valence-corrected chi connectivity index (χ0v) is 6.80. The molecule has 7 heavy (non-hydrogen) atoms. The van der Waals surface area contributed by atoms with E-state index in [1.54, 1.807) is 0 Å². The molecule has 2 radical (unpaired) electrons. The van der Waals surface area contributed by atoms with Crippen LogP contribution in [0.3, 0.4) is 0 Å². The first-order chi connectivity index (χ1) is 2.77. The second-order valence-electron chi connectivity index (χ2n) is 1.27. The quantitative estimate of drug-likeness (QED) is 0.398. The molecule has 0 aliphatic rings. The van der Waals surface area contributed by atoms with E-state index in [4.69, 9.17) is 10.2 Å². The van der Waals surface area contributed by atoms with Gasteiger partial charge in [0.15, 0.2) is 6.29 Å². The molecule has 0 spiro atoms. The van der Waals surface area contributed by atoms with Gasteiger partial charge in [0.2, 0.25) is 0 Å². The minimum Gasteiger partial charge on any atom is -0.368 e. The number of rotatable bonds is 2. The van der Waals surface area contributed by atoms with Crippen LogP contribution in [0, 0.1) is 0 Å². The van der Waals surface area contributed by atoms with Gasteiger partial charge in [0, 0.05) is 37.7 Å². The van der Waals surface area contributed by atoms with Crippen molar-refractivity contribution in [3.63, 3.8) is 0 Å². The van der Waals surface area contributed by atoms with E-state index >= 15 is 0 Å². The van der Waals surface area contributed by atoms with Crippen LogP contribution in [0.25, 0.3) is 0 Å². The van der Waals surface area contributed by atoms with Crippen molar-refractivity contribution >= 4 is 37.7 Å². The maximum absolute atomic E-state index is 8.11. The van der Waals surface area contributed by atoms with Crippen LogP contribution in [-0.2, 0) is 0 Å². The molecule has 0 aliphatic carbocycles. The molecule has 0 atom stereocenters. The average Bonchev–Trinajstić information content (AvgIpc) is 1.35. The Morgan fingerprint density at radius 2 is 1.86 bits per heavy atom. The summed E-state index contributed by atoms with van der Waals surface area (Å²) < 4.78 is 0. The van der Waals surface area contributed by atoms with E-state index in [0.29, 0.717) is 6.42 Å². The molecule has 2 N–H and O–H groups in total. The molecule has 0 aromatic rings. The second kappa shape index (κ2) is 7.18. The summed E-state index contributed by atoms with van der Waals surface area (Å²) in [7, 11) is 0. The minimum atomic E-state index is -1.10. The monoisotopic (exact) mass is 130 g/mol. The fraction of sp³-hybridized carbons (Fsp3) is 1.00. The smallest absolute Gasteiger partial charge is 0.151 e. The van der Waals surface area contributed by atoms with Crippen molar-refractivity contribution in [3.05, 3.63) is 0 Å². The molecule has 3 heteroatoms. The Labute approximate surface area is 73.5 Å². The van der Waals surface area contributed by atoms with E-state index in [9.17, 15) is 0 Å². The Balaban J connectivity index is 0. The van der Waals surface area contributed by atoms with Gasteiger partial charge in [0.05, 0.1) is 0 Å². The molecule has 0 amide bonds. The predicted octanol–water partition coefficient (Wildman–Crippen LogP) is -0.284. The van der Waals surface area contributed by atoms with Gasteiger partial charge in [-0.2, -0.15) is 0 Å². The number of hydrogen-bond acceptors (Lipinski definition) is 2. The number of aliphatic hydroxyl groups is 2. The van der Waals surface area contributed by atoms with Crippen LogP contribution in [-0.4, -0.2) is 54.2 Å². The Morgan fingerprint density at radius 1 is 1.43 bits per heavy atom. The zero-order valence-electron chi connectivity index (χ0n) is 4.59. The van der Waals surface area contributed by atoms with Crippen LogP contribution in [0.5, 0.6) is 0 Å². The Kier molecular flexibility index (Phi) is 11.3. The van der Waals surface area contributed by atoms with Crippen LogP contribution in [0.2, 0.25) is 0 Å². The summed E-state index contributed by atoms with van der Waals surface area (Å²) in [5.74, 6) is 0. The topological polar surface area (TPSA) is 40.5 Å². The second-order valence-corrected chi connectivity index (χ2v) is 1.27. The summed E-state index contributed by atoms with van der Waals surface area (Å²) in [6, 6.07) is 0. The fourth-order valence-corrected chi connectivity index (χ4v) is 0.258. The van der Waals surface area contributed by atoms with Crippen LogP contribution in [0.15, 0.2) is 0 Å². The minimum absolute atomic E-state index is 0. The molecule has 40 valence electrons. The Morgan fingerprint density at radius 3 is 1.86 bits per heavy atom. The summed E-state index contributed by atoms with van der Waals surface area (Å²) >= 11 is 0. The van der Waals surface area contributed by atoms with Crippen molar-refractivity contribution in [1.82, 2.24) is 0 Å². The molecule has 0 aromatic heterocycles. The SMILES string of the molecule is CCCC(O)O.[Ca]. The molecular formula is C4H10CaO2. The standard InChI is InChI=1S/C4H10O2.Ca/c1-2-3-4(5)6;/h4-6H,2-3H2,1H3;. The van der Waals surface area contributed by atoms with Crippen molar-refractivity contribution in [3.8, 4) is 0 Å². The molecule has 0 saturated heterocycles. The number of hydrogen-bond donors (Lipinski definition) is 2. The molecule has 0 fully saturated rings.